The molecule has 1 aromatic heterocycles. The maximum Gasteiger partial charge on any atom is 0.328 e. The van der Waals surface area contributed by atoms with E-state index in [9.17, 15) is 4.79 Å². The molecule has 4 nitrogen and oxygen atoms in total. The highest BCUT2D eigenvalue weighted by atomic mass is 16.4. The lowest BCUT2D eigenvalue weighted by molar-refractivity contribution is -0.131. The van der Waals surface area contributed by atoms with Gasteiger partial charge in [-0.15, -0.1) is 0 Å². The minimum Gasteiger partial charge on any atom is -0.478 e. The van der Waals surface area contributed by atoms with E-state index >= 15 is 0 Å². The molecular weight excluding hydrogens is 264 g/mol. The second-order valence-electron chi connectivity index (χ2n) is 4.91. The van der Waals surface area contributed by atoms with Crippen LogP contribution < -0.4 is 0 Å². The molecule has 0 atom stereocenters. The van der Waals surface area contributed by atoms with Crippen LogP contribution in [-0.4, -0.2) is 28.0 Å². The molecule has 0 aliphatic heterocycles. The normalized spacial score (nSPS) is 11.1. The van der Waals surface area contributed by atoms with E-state index in [1.54, 1.807) is 12.3 Å². The first-order valence-corrected chi connectivity index (χ1v) is 6.72. The Morgan fingerprint density at radius 1 is 1.19 bits per heavy atom. The van der Waals surface area contributed by atoms with Crippen LogP contribution in [0.25, 0.3) is 6.08 Å². The first-order chi connectivity index (χ1) is 10.1. The van der Waals surface area contributed by atoms with Crippen LogP contribution in [0.15, 0.2) is 54.7 Å². The van der Waals surface area contributed by atoms with Crippen LogP contribution >= 0.6 is 0 Å². The fraction of sp³-hybridized carbons (Fsp3) is 0.176. The summed E-state index contributed by atoms with van der Waals surface area (Å²) in [5, 5.41) is 8.59. The summed E-state index contributed by atoms with van der Waals surface area (Å²) in [5.41, 5.74) is 3.11. The zero-order valence-electron chi connectivity index (χ0n) is 11.9. The summed E-state index contributed by atoms with van der Waals surface area (Å²) in [5.74, 6) is -0.936. The van der Waals surface area contributed by atoms with Gasteiger partial charge in [0.15, 0.2) is 0 Å². The molecule has 108 valence electrons. The van der Waals surface area contributed by atoms with Crippen molar-refractivity contribution in [1.29, 1.82) is 0 Å². The smallest absolute Gasteiger partial charge is 0.328 e. The lowest BCUT2D eigenvalue weighted by Gasteiger charge is -2.16. The number of nitrogens with zero attached hydrogens (tertiary/aromatic N) is 2. The maximum absolute atomic E-state index is 10.5. The van der Waals surface area contributed by atoms with E-state index in [2.05, 4.69) is 9.88 Å². The second-order valence-corrected chi connectivity index (χ2v) is 4.91. The van der Waals surface area contributed by atoms with Gasteiger partial charge in [-0.05, 0) is 36.4 Å². The summed E-state index contributed by atoms with van der Waals surface area (Å²) >= 11 is 0. The molecule has 0 spiro atoms. The van der Waals surface area contributed by atoms with E-state index in [0.29, 0.717) is 0 Å². The Balaban J connectivity index is 1.92. The average Bonchev–Trinajstić information content (AvgIpc) is 2.47. The van der Waals surface area contributed by atoms with Crippen molar-refractivity contribution in [1.82, 2.24) is 9.88 Å². The van der Waals surface area contributed by atoms with Gasteiger partial charge in [-0.1, -0.05) is 30.3 Å². The molecule has 0 unspecified atom stereocenters. The number of benzene rings is 1. The molecule has 4 heteroatoms. The van der Waals surface area contributed by atoms with Gasteiger partial charge < -0.3 is 5.11 Å². The second kappa shape index (κ2) is 7.36. The topological polar surface area (TPSA) is 53.4 Å². The van der Waals surface area contributed by atoms with Crippen molar-refractivity contribution < 1.29 is 9.90 Å². The lowest BCUT2D eigenvalue weighted by atomic mass is 10.1. The average molecular weight is 282 g/mol. The first kappa shape index (κ1) is 14.9. The fourth-order valence-corrected chi connectivity index (χ4v) is 2.04. The molecule has 0 aliphatic carbocycles. The molecule has 1 aromatic carbocycles. The fourth-order valence-electron chi connectivity index (χ4n) is 2.04. The Hall–Kier alpha value is -2.46. The highest BCUT2D eigenvalue weighted by Crippen LogP contribution is 2.10. The van der Waals surface area contributed by atoms with Crippen LogP contribution in [0.4, 0.5) is 0 Å². The van der Waals surface area contributed by atoms with Crippen LogP contribution in [0.2, 0.25) is 0 Å². The number of aliphatic carboxylic acids is 1. The van der Waals surface area contributed by atoms with E-state index in [4.69, 9.17) is 5.11 Å². The molecule has 1 heterocycles. The molecular formula is C17H18N2O2. The van der Waals surface area contributed by atoms with E-state index in [1.807, 2.05) is 49.5 Å². The molecule has 0 aliphatic rings. The summed E-state index contributed by atoms with van der Waals surface area (Å²) in [6.45, 7) is 1.61. The van der Waals surface area contributed by atoms with Crippen LogP contribution in [0, 0.1) is 0 Å². The standard InChI is InChI=1S/C17H18N2O2/c1-19(13-16-4-2-3-11-18-16)12-15-7-5-14(6-8-15)9-10-17(20)21/h2-11H,12-13H2,1H3,(H,20,21). The Bertz CT molecular complexity index is 606. The third-order valence-corrected chi connectivity index (χ3v) is 3.01. The minimum atomic E-state index is -0.936. The molecule has 0 fully saturated rings. The maximum atomic E-state index is 10.5. The molecule has 21 heavy (non-hydrogen) atoms. The summed E-state index contributed by atoms with van der Waals surface area (Å²) in [6, 6.07) is 13.8. The number of carboxylic acids is 1. The van der Waals surface area contributed by atoms with Crippen molar-refractivity contribution in [3.8, 4) is 0 Å². The SMILES string of the molecule is CN(Cc1ccc(C=CC(=O)O)cc1)Cc1ccccn1. The third-order valence-electron chi connectivity index (χ3n) is 3.01. The predicted octanol–water partition coefficient (Wildman–Crippen LogP) is 2.81. The number of carboxylic acid groups (broad SMARTS) is 1. The molecule has 1 N–H and O–H groups in total. The van der Waals surface area contributed by atoms with Gasteiger partial charge in [-0.2, -0.15) is 0 Å². The molecule has 0 bridgehead atoms. The summed E-state index contributed by atoms with van der Waals surface area (Å²) in [4.78, 5) is 17.0. The van der Waals surface area contributed by atoms with E-state index in [0.717, 1.165) is 30.4 Å². The monoisotopic (exact) mass is 282 g/mol. The predicted molar refractivity (Wildman–Crippen MR) is 82.5 cm³/mol. The van der Waals surface area contributed by atoms with Crippen molar-refractivity contribution in [3.63, 3.8) is 0 Å². The number of hydrogen-bond donors (Lipinski definition) is 1. The Labute approximate surface area is 124 Å². The highest BCUT2D eigenvalue weighted by Gasteiger charge is 2.02. The molecule has 0 saturated heterocycles. The van der Waals surface area contributed by atoms with Gasteiger partial charge in [0.05, 0.1) is 5.69 Å². The largest absolute Gasteiger partial charge is 0.478 e. The van der Waals surface area contributed by atoms with Gasteiger partial charge in [0.2, 0.25) is 0 Å². The summed E-state index contributed by atoms with van der Waals surface area (Å²) in [6.07, 6.45) is 4.53. The highest BCUT2D eigenvalue weighted by molar-refractivity contribution is 5.85. The minimum absolute atomic E-state index is 0.793. The number of pyridine rings is 1. The molecule has 2 rings (SSSR count). The Kier molecular flexibility index (Phi) is 5.23. The van der Waals surface area contributed by atoms with Gasteiger partial charge in [0.1, 0.15) is 0 Å². The molecule has 2 aromatic rings. The van der Waals surface area contributed by atoms with Crippen LogP contribution in [-0.2, 0) is 17.9 Å². The summed E-state index contributed by atoms with van der Waals surface area (Å²) < 4.78 is 0. The Morgan fingerprint density at radius 2 is 1.95 bits per heavy atom. The van der Waals surface area contributed by atoms with E-state index < -0.39 is 5.97 Å². The zero-order valence-corrected chi connectivity index (χ0v) is 11.9. The molecule has 0 radical (unpaired) electrons. The lowest BCUT2D eigenvalue weighted by Crippen LogP contribution is -2.17. The van der Waals surface area contributed by atoms with E-state index in [-0.39, 0.29) is 0 Å². The molecule has 0 saturated carbocycles. The zero-order chi connectivity index (χ0) is 15.1. The van der Waals surface area contributed by atoms with Gasteiger partial charge in [0, 0.05) is 25.4 Å². The van der Waals surface area contributed by atoms with Gasteiger partial charge in [-0.3, -0.25) is 9.88 Å². The van der Waals surface area contributed by atoms with Gasteiger partial charge in [-0.25, -0.2) is 4.79 Å². The van der Waals surface area contributed by atoms with Crippen molar-refractivity contribution in [2.75, 3.05) is 7.05 Å². The van der Waals surface area contributed by atoms with Crippen LogP contribution in [0.5, 0.6) is 0 Å². The van der Waals surface area contributed by atoms with Crippen molar-refractivity contribution in [3.05, 3.63) is 71.6 Å². The number of hydrogen-bond acceptors (Lipinski definition) is 3. The third kappa shape index (κ3) is 5.20. The Morgan fingerprint density at radius 3 is 2.57 bits per heavy atom. The van der Waals surface area contributed by atoms with Crippen molar-refractivity contribution in [2.45, 2.75) is 13.1 Å². The first-order valence-electron chi connectivity index (χ1n) is 6.72. The quantitative estimate of drug-likeness (QED) is 0.828. The summed E-state index contributed by atoms with van der Waals surface area (Å²) in [7, 11) is 2.05. The number of rotatable bonds is 6. The molecule has 0 amide bonds. The number of aromatic nitrogens is 1. The van der Waals surface area contributed by atoms with Crippen LogP contribution in [0.3, 0.4) is 0 Å². The van der Waals surface area contributed by atoms with Gasteiger partial charge >= 0.3 is 5.97 Å². The van der Waals surface area contributed by atoms with Gasteiger partial charge in [0.25, 0.3) is 0 Å². The van der Waals surface area contributed by atoms with Crippen LogP contribution in [0.1, 0.15) is 16.8 Å². The number of carbonyl (C=O) groups is 1. The van der Waals surface area contributed by atoms with E-state index in [1.165, 1.54) is 5.56 Å². The van der Waals surface area contributed by atoms with Crippen molar-refractivity contribution in [2.24, 2.45) is 0 Å². The van der Waals surface area contributed by atoms with Crippen molar-refractivity contribution >= 4 is 12.0 Å².